The molecule has 0 fully saturated rings. The molecule has 2 aromatic heterocycles. The predicted octanol–water partition coefficient (Wildman–Crippen LogP) is 6.30. The van der Waals surface area contributed by atoms with E-state index < -0.39 is 32.3 Å². The smallest absolute Gasteiger partial charge is 0.307 e. The Hall–Kier alpha value is -4.26. The van der Waals surface area contributed by atoms with Gasteiger partial charge in [-0.05, 0) is 71.7 Å². The van der Waals surface area contributed by atoms with Crippen molar-refractivity contribution in [3.63, 3.8) is 0 Å². The van der Waals surface area contributed by atoms with Gasteiger partial charge in [-0.25, -0.2) is 0 Å². The summed E-state index contributed by atoms with van der Waals surface area (Å²) >= 11 is 7.71. The van der Waals surface area contributed by atoms with Crippen molar-refractivity contribution < 1.29 is 23.5 Å². The van der Waals surface area contributed by atoms with Crippen molar-refractivity contribution in [2.75, 3.05) is 26.8 Å². The first-order valence-electron chi connectivity index (χ1n) is 18.0. The van der Waals surface area contributed by atoms with E-state index in [-0.39, 0.29) is 30.6 Å². The summed E-state index contributed by atoms with van der Waals surface area (Å²) in [6, 6.07) is 27.8. The van der Waals surface area contributed by atoms with E-state index in [1.54, 1.807) is 25.1 Å². The van der Waals surface area contributed by atoms with Crippen molar-refractivity contribution in [1.29, 1.82) is 0 Å². The van der Waals surface area contributed by atoms with Crippen LogP contribution in [-0.4, -0.2) is 74.9 Å². The topological polar surface area (TPSA) is 113 Å². The number of carbonyl (C=O) groups is 3. The molecule has 0 unspecified atom stereocenters. The van der Waals surface area contributed by atoms with Gasteiger partial charge in [0, 0.05) is 33.9 Å². The molecule has 1 aliphatic heterocycles. The lowest BCUT2D eigenvalue weighted by molar-refractivity contribution is -0.143. The van der Waals surface area contributed by atoms with Crippen molar-refractivity contribution in [3.8, 4) is 0 Å². The highest BCUT2D eigenvalue weighted by atomic mass is 35.5. The number of esters is 1. The number of fused-ring (bicyclic) bond motifs is 2. The maximum absolute atomic E-state index is 14.2. The van der Waals surface area contributed by atoms with E-state index in [4.69, 9.17) is 20.8 Å². The Morgan fingerprint density at radius 1 is 0.925 bits per heavy atom. The molecule has 278 valence electrons. The van der Waals surface area contributed by atoms with Gasteiger partial charge in [-0.3, -0.25) is 14.4 Å². The summed E-state index contributed by atoms with van der Waals surface area (Å²) in [5, 5.41) is 9.42. The Balaban J connectivity index is 1.40. The van der Waals surface area contributed by atoms with Crippen LogP contribution in [0.5, 0.6) is 0 Å². The van der Waals surface area contributed by atoms with Crippen LogP contribution in [0.4, 0.5) is 0 Å². The Morgan fingerprint density at radius 2 is 1.58 bits per heavy atom. The molecule has 0 aliphatic carbocycles. The van der Waals surface area contributed by atoms with E-state index in [1.165, 1.54) is 21.8 Å². The second-order valence-corrected chi connectivity index (χ2v) is 20.5. The van der Waals surface area contributed by atoms with E-state index in [0.717, 1.165) is 40.8 Å². The number of hydrogen-bond donors (Lipinski definition) is 3. The number of aromatic amines is 1. The van der Waals surface area contributed by atoms with Crippen LogP contribution in [0.1, 0.15) is 64.7 Å². The number of H-pyrrole nitrogens is 1. The number of benzene rings is 3. The number of aromatic nitrogens is 1. The molecular weight excluding hydrogens is 724 g/mol. The number of rotatable bonds is 13. The standard InChI is InChI=1S/C41H47ClN4O5SSi/c1-6-50-38(47)24-33(44-39(48)34-22-28-21-29(42)17-18-32(28)43-34)35(45-40(49)36-23-27-19-20-46(5)25-37(27)52-36)26-51-53(41(2,3)4,30-13-9-7-10-14-30)31-15-11-8-12-16-31/h7-18,21-23,33,35,43H,6,19-20,24-26H2,1-5H3,(H,44,48)(H,45,49)/t33-,35-/m1/s1. The number of nitrogens with zero attached hydrogens (tertiary/aromatic N) is 1. The van der Waals surface area contributed by atoms with Gasteiger partial charge in [0.05, 0.1) is 36.6 Å². The maximum Gasteiger partial charge on any atom is 0.307 e. The normalized spacial score (nSPS) is 14.7. The van der Waals surface area contributed by atoms with Gasteiger partial charge in [0.2, 0.25) is 0 Å². The van der Waals surface area contributed by atoms with E-state index in [1.807, 2.05) is 48.5 Å². The first-order chi connectivity index (χ1) is 25.4. The fraction of sp³-hybridized carbons (Fsp3) is 0.341. The van der Waals surface area contributed by atoms with Crippen LogP contribution in [-0.2, 0) is 26.9 Å². The summed E-state index contributed by atoms with van der Waals surface area (Å²) in [5.74, 6) is -1.22. The summed E-state index contributed by atoms with van der Waals surface area (Å²) in [7, 11) is -1.02. The van der Waals surface area contributed by atoms with Gasteiger partial charge in [0.1, 0.15) is 5.69 Å². The average molecular weight is 771 g/mol. The quantitative estimate of drug-likeness (QED) is 0.0958. The molecule has 6 rings (SSSR count). The number of ether oxygens (including phenoxy) is 1. The van der Waals surface area contributed by atoms with Crippen LogP contribution in [0.2, 0.25) is 10.1 Å². The minimum Gasteiger partial charge on any atom is -0.466 e. The second-order valence-electron chi connectivity index (χ2n) is 14.6. The molecule has 3 N–H and O–H groups in total. The minimum absolute atomic E-state index is 0.0134. The molecule has 0 saturated heterocycles. The number of likely N-dealkylation sites (N-methyl/N-ethyl adjacent to an activating group) is 1. The highest BCUT2D eigenvalue weighted by molar-refractivity contribution is 7.14. The van der Waals surface area contributed by atoms with Gasteiger partial charge >= 0.3 is 5.97 Å². The molecule has 3 aromatic carbocycles. The Labute approximate surface area is 321 Å². The molecule has 3 heterocycles. The largest absolute Gasteiger partial charge is 0.466 e. The zero-order chi connectivity index (χ0) is 37.8. The number of halogens is 1. The second kappa shape index (κ2) is 16.4. The van der Waals surface area contributed by atoms with Gasteiger partial charge in [0.15, 0.2) is 0 Å². The number of carbonyl (C=O) groups excluding carboxylic acids is 3. The van der Waals surface area contributed by atoms with Crippen molar-refractivity contribution in [2.24, 2.45) is 0 Å². The van der Waals surface area contributed by atoms with E-state index in [9.17, 15) is 14.4 Å². The first-order valence-corrected chi connectivity index (χ1v) is 21.1. The van der Waals surface area contributed by atoms with Crippen molar-refractivity contribution in [3.05, 3.63) is 117 Å². The Morgan fingerprint density at radius 3 is 2.23 bits per heavy atom. The predicted molar refractivity (Wildman–Crippen MR) is 215 cm³/mol. The summed E-state index contributed by atoms with van der Waals surface area (Å²) in [6.45, 7) is 10.2. The van der Waals surface area contributed by atoms with Crippen LogP contribution >= 0.6 is 22.9 Å². The van der Waals surface area contributed by atoms with Gasteiger partial charge in [-0.1, -0.05) is 93.0 Å². The third-order valence-corrected chi connectivity index (χ3v) is 16.2. The fourth-order valence-corrected chi connectivity index (χ4v) is 13.2. The average Bonchev–Trinajstić information content (AvgIpc) is 3.75. The molecule has 0 bridgehead atoms. The lowest BCUT2D eigenvalue weighted by atomic mass is 10.0. The van der Waals surface area contributed by atoms with E-state index in [0.29, 0.717) is 15.6 Å². The number of nitrogens with one attached hydrogen (secondary N) is 3. The van der Waals surface area contributed by atoms with Crippen molar-refractivity contribution in [1.82, 2.24) is 20.5 Å². The number of hydrogen-bond acceptors (Lipinski definition) is 7. The lowest BCUT2D eigenvalue weighted by Gasteiger charge is -2.44. The van der Waals surface area contributed by atoms with Crippen LogP contribution in [0.15, 0.2) is 91.0 Å². The Kier molecular flexibility index (Phi) is 11.9. The highest BCUT2D eigenvalue weighted by Crippen LogP contribution is 2.37. The summed E-state index contributed by atoms with van der Waals surface area (Å²) in [5.41, 5.74) is 2.21. The summed E-state index contributed by atoms with van der Waals surface area (Å²) in [6.07, 6.45) is 0.680. The lowest BCUT2D eigenvalue weighted by Crippen LogP contribution is -2.68. The third-order valence-electron chi connectivity index (χ3n) is 9.83. The minimum atomic E-state index is -3.09. The van der Waals surface area contributed by atoms with Crippen molar-refractivity contribution in [2.45, 2.75) is 64.2 Å². The molecule has 2 atom stereocenters. The zero-order valence-electron chi connectivity index (χ0n) is 30.8. The monoisotopic (exact) mass is 770 g/mol. The zero-order valence-corrected chi connectivity index (χ0v) is 33.4. The summed E-state index contributed by atoms with van der Waals surface area (Å²) in [4.78, 5) is 48.6. The molecule has 2 amide bonds. The SMILES string of the molecule is CCOC(=O)C[C@@H](NC(=O)c1cc2cc(Cl)ccc2[nH]1)[C@@H](CO[Si](c1ccccc1)(c1ccccc1)C(C)(C)C)NC(=O)c1cc2c(s1)CN(C)CC2. The summed E-state index contributed by atoms with van der Waals surface area (Å²) < 4.78 is 12.7. The van der Waals surface area contributed by atoms with E-state index in [2.05, 4.69) is 72.6 Å². The van der Waals surface area contributed by atoms with E-state index >= 15 is 0 Å². The molecule has 9 nitrogen and oxygen atoms in total. The van der Waals surface area contributed by atoms with Crippen LogP contribution in [0.3, 0.4) is 0 Å². The van der Waals surface area contributed by atoms with Gasteiger partial charge in [-0.15, -0.1) is 11.3 Å². The molecule has 0 spiro atoms. The van der Waals surface area contributed by atoms with Crippen molar-refractivity contribution >= 4 is 70.3 Å². The molecule has 53 heavy (non-hydrogen) atoms. The molecule has 0 radical (unpaired) electrons. The Bertz CT molecular complexity index is 2020. The van der Waals surface area contributed by atoms with Crippen LogP contribution in [0, 0.1) is 0 Å². The molecule has 1 aliphatic rings. The number of thiophene rings is 1. The first kappa shape index (κ1) is 38.5. The molecule has 0 saturated carbocycles. The van der Waals surface area contributed by atoms with Gasteiger partial charge in [0.25, 0.3) is 20.1 Å². The molecule has 5 aromatic rings. The van der Waals surface area contributed by atoms with Crippen LogP contribution in [0.25, 0.3) is 10.9 Å². The third kappa shape index (κ3) is 8.60. The maximum atomic E-state index is 14.2. The van der Waals surface area contributed by atoms with Crippen LogP contribution < -0.4 is 21.0 Å². The van der Waals surface area contributed by atoms with Gasteiger partial charge < -0.3 is 29.7 Å². The molecule has 12 heteroatoms. The number of amides is 2. The molecular formula is C41H47ClN4O5SSi. The highest BCUT2D eigenvalue weighted by Gasteiger charge is 2.51. The van der Waals surface area contributed by atoms with Gasteiger partial charge in [-0.2, -0.15) is 0 Å². The fourth-order valence-electron chi connectivity index (χ4n) is 7.20.